The van der Waals surface area contributed by atoms with Crippen LogP contribution >= 0.6 is 0 Å². The molecule has 6 nitrogen and oxygen atoms in total. The fraction of sp³-hybridized carbons (Fsp3) is 0.188. The highest BCUT2D eigenvalue weighted by Gasteiger charge is 2.12. The van der Waals surface area contributed by atoms with Crippen LogP contribution in [0, 0.1) is 0 Å². The molecule has 22 heavy (non-hydrogen) atoms. The number of ether oxygens (including phenoxy) is 1. The van der Waals surface area contributed by atoms with Crippen molar-refractivity contribution >= 4 is 23.3 Å². The van der Waals surface area contributed by atoms with Gasteiger partial charge in [0.1, 0.15) is 5.69 Å². The molecule has 0 unspecified atom stereocenters. The molecule has 1 aromatic carbocycles. The van der Waals surface area contributed by atoms with Crippen LogP contribution in [0.2, 0.25) is 0 Å². The molecular weight excluding hydrogens is 284 g/mol. The largest absolute Gasteiger partial charge is 0.453 e. The van der Waals surface area contributed by atoms with E-state index in [2.05, 4.69) is 10.3 Å². The zero-order valence-corrected chi connectivity index (χ0v) is 12.1. The van der Waals surface area contributed by atoms with Gasteiger partial charge in [0, 0.05) is 23.9 Å². The molecule has 1 aromatic heterocycles. The molecule has 0 aliphatic heterocycles. The zero-order valence-electron chi connectivity index (χ0n) is 12.1. The third kappa shape index (κ3) is 4.05. The summed E-state index contributed by atoms with van der Waals surface area (Å²) in [6, 6.07) is 9.66. The third-order valence-corrected chi connectivity index (χ3v) is 2.96. The van der Waals surface area contributed by atoms with Crippen molar-refractivity contribution in [2.45, 2.75) is 13.3 Å². The van der Waals surface area contributed by atoms with Crippen molar-refractivity contribution in [1.82, 2.24) is 4.98 Å². The first-order valence-electron chi connectivity index (χ1n) is 6.83. The van der Waals surface area contributed by atoms with Crippen molar-refractivity contribution in [2.24, 2.45) is 0 Å². The lowest BCUT2D eigenvalue weighted by molar-refractivity contribution is -0.115. The Morgan fingerprint density at radius 1 is 1.14 bits per heavy atom. The maximum absolute atomic E-state index is 11.9. The Labute approximate surface area is 127 Å². The number of hydrogen-bond acceptors (Lipinski definition) is 4. The summed E-state index contributed by atoms with van der Waals surface area (Å²) in [5, 5.41) is 2.69. The lowest BCUT2D eigenvalue weighted by Gasteiger charge is -2.06. The van der Waals surface area contributed by atoms with Gasteiger partial charge < -0.3 is 15.0 Å². The molecule has 2 rings (SSSR count). The molecule has 0 aliphatic carbocycles. The maximum Gasteiger partial charge on any atom is 0.355 e. The minimum atomic E-state index is -0.579. The summed E-state index contributed by atoms with van der Waals surface area (Å²) in [6.07, 6.45) is 1.98. The molecule has 0 saturated carbocycles. The summed E-state index contributed by atoms with van der Waals surface area (Å²) >= 11 is 0. The van der Waals surface area contributed by atoms with Crippen LogP contribution in [0.25, 0.3) is 0 Å². The highest BCUT2D eigenvalue weighted by atomic mass is 16.5. The molecule has 2 aromatic rings. The summed E-state index contributed by atoms with van der Waals surface area (Å²) in [6.45, 7) is 1.42. The van der Waals surface area contributed by atoms with Crippen LogP contribution in [-0.2, 0) is 9.53 Å². The predicted octanol–water partition coefficient (Wildman–Crippen LogP) is 2.40. The van der Waals surface area contributed by atoms with Crippen molar-refractivity contribution in [3.05, 3.63) is 53.9 Å². The van der Waals surface area contributed by atoms with Gasteiger partial charge in [0.15, 0.2) is 12.4 Å². The Morgan fingerprint density at radius 2 is 1.86 bits per heavy atom. The average Bonchev–Trinajstić information content (AvgIpc) is 3.07. The van der Waals surface area contributed by atoms with Crippen molar-refractivity contribution in [2.75, 3.05) is 11.9 Å². The molecule has 0 saturated heterocycles. The van der Waals surface area contributed by atoms with Gasteiger partial charge in [-0.3, -0.25) is 9.59 Å². The first-order valence-corrected chi connectivity index (χ1v) is 6.83. The summed E-state index contributed by atoms with van der Waals surface area (Å²) in [5.74, 6) is -0.989. The van der Waals surface area contributed by atoms with E-state index >= 15 is 0 Å². The fourth-order valence-electron chi connectivity index (χ4n) is 1.74. The smallest absolute Gasteiger partial charge is 0.355 e. The monoisotopic (exact) mass is 300 g/mol. The number of nitrogens with one attached hydrogen (secondary N) is 2. The van der Waals surface area contributed by atoms with Crippen LogP contribution in [0.3, 0.4) is 0 Å². The van der Waals surface area contributed by atoms with Gasteiger partial charge in [-0.05, 0) is 36.4 Å². The summed E-state index contributed by atoms with van der Waals surface area (Å²) < 4.78 is 4.93. The zero-order chi connectivity index (χ0) is 15.9. The minimum Gasteiger partial charge on any atom is -0.453 e. The van der Waals surface area contributed by atoms with E-state index in [9.17, 15) is 14.4 Å². The average molecular weight is 300 g/mol. The molecule has 114 valence electrons. The van der Waals surface area contributed by atoms with Gasteiger partial charge in [-0.2, -0.15) is 0 Å². The predicted molar refractivity (Wildman–Crippen MR) is 80.8 cm³/mol. The highest BCUT2D eigenvalue weighted by molar-refractivity contribution is 5.99. The molecule has 0 fully saturated rings. The van der Waals surface area contributed by atoms with E-state index in [-0.39, 0.29) is 18.3 Å². The number of anilines is 1. The number of rotatable bonds is 6. The van der Waals surface area contributed by atoms with E-state index in [0.29, 0.717) is 23.4 Å². The van der Waals surface area contributed by atoms with Gasteiger partial charge in [-0.1, -0.05) is 6.92 Å². The lowest BCUT2D eigenvalue weighted by atomic mass is 10.1. The molecule has 2 N–H and O–H groups in total. The number of carbonyl (C=O) groups excluding carboxylic acids is 3. The van der Waals surface area contributed by atoms with Crippen molar-refractivity contribution in [3.8, 4) is 0 Å². The number of benzene rings is 1. The van der Waals surface area contributed by atoms with E-state index in [1.165, 1.54) is 0 Å². The quantitative estimate of drug-likeness (QED) is 0.633. The molecule has 6 heteroatoms. The van der Waals surface area contributed by atoms with Gasteiger partial charge in [0.05, 0.1) is 0 Å². The Balaban J connectivity index is 1.90. The molecule has 0 aliphatic rings. The van der Waals surface area contributed by atoms with E-state index in [4.69, 9.17) is 4.74 Å². The van der Waals surface area contributed by atoms with Gasteiger partial charge in [-0.15, -0.1) is 0 Å². The number of aromatic nitrogens is 1. The van der Waals surface area contributed by atoms with E-state index in [0.717, 1.165) is 0 Å². The van der Waals surface area contributed by atoms with E-state index in [1.807, 2.05) is 0 Å². The molecule has 0 radical (unpaired) electrons. The number of amides is 1. The van der Waals surface area contributed by atoms with E-state index < -0.39 is 5.97 Å². The molecule has 0 bridgehead atoms. The van der Waals surface area contributed by atoms with Crippen LogP contribution < -0.4 is 5.32 Å². The second-order valence-corrected chi connectivity index (χ2v) is 4.56. The van der Waals surface area contributed by atoms with Crippen LogP contribution in [0.5, 0.6) is 0 Å². The molecule has 0 atom stereocenters. The topological polar surface area (TPSA) is 88.3 Å². The van der Waals surface area contributed by atoms with Gasteiger partial charge in [-0.25, -0.2) is 4.79 Å². The first-order chi connectivity index (χ1) is 10.6. The number of H-pyrrole nitrogens is 1. The van der Waals surface area contributed by atoms with Crippen molar-refractivity contribution < 1.29 is 19.1 Å². The van der Waals surface area contributed by atoms with Crippen LogP contribution in [-0.4, -0.2) is 29.3 Å². The second kappa shape index (κ2) is 7.21. The fourth-order valence-corrected chi connectivity index (χ4v) is 1.74. The standard InChI is InChI=1S/C16H16N2O4/c1-2-15(20)18-12-7-5-11(6-8-12)14(19)10-22-16(21)13-4-3-9-17-13/h3-9,17H,2,10H2,1H3,(H,18,20). The van der Waals surface area contributed by atoms with Crippen LogP contribution in [0.15, 0.2) is 42.6 Å². The lowest BCUT2D eigenvalue weighted by Crippen LogP contribution is -2.14. The summed E-state index contributed by atoms with van der Waals surface area (Å²) in [4.78, 5) is 37.5. The minimum absolute atomic E-state index is 0.0982. The summed E-state index contributed by atoms with van der Waals surface area (Å²) in [7, 11) is 0. The first kappa shape index (κ1) is 15.5. The molecule has 1 amide bonds. The van der Waals surface area contributed by atoms with Gasteiger partial charge in [0.25, 0.3) is 0 Å². The van der Waals surface area contributed by atoms with Crippen molar-refractivity contribution in [1.29, 1.82) is 0 Å². The Kier molecular flexibility index (Phi) is 5.08. The Hall–Kier alpha value is -2.89. The maximum atomic E-state index is 11.9. The van der Waals surface area contributed by atoms with Crippen LogP contribution in [0.1, 0.15) is 34.2 Å². The number of carbonyl (C=O) groups is 3. The highest BCUT2D eigenvalue weighted by Crippen LogP contribution is 2.11. The number of Topliss-reactive ketones (excluding diaryl/α,β-unsaturated/α-hetero) is 1. The van der Waals surface area contributed by atoms with Crippen LogP contribution in [0.4, 0.5) is 5.69 Å². The molecular formula is C16H16N2O4. The Morgan fingerprint density at radius 3 is 2.45 bits per heavy atom. The van der Waals surface area contributed by atoms with Gasteiger partial charge in [0.2, 0.25) is 5.91 Å². The van der Waals surface area contributed by atoms with Crippen molar-refractivity contribution in [3.63, 3.8) is 0 Å². The van der Waals surface area contributed by atoms with Gasteiger partial charge >= 0.3 is 5.97 Å². The third-order valence-electron chi connectivity index (χ3n) is 2.96. The summed E-state index contributed by atoms with van der Waals surface area (Å²) in [5.41, 5.74) is 1.32. The Bertz CT molecular complexity index is 660. The second-order valence-electron chi connectivity index (χ2n) is 4.56. The number of aromatic amines is 1. The molecule has 1 heterocycles. The number of ketones is 1. The number of hydrogen-bond donors (Lipinski definition) is 2. The molecule has 0 spiro atoms. The SMILES string of the molecule is CCC(=O)Nc1ccc(C(=O)COC(=O)c2ccc[nH]2)cc1. The number of esters is 1. The van der Waals surface area contributed by atoms with E-state index in [1.54, 1.807) is 49.5 Å². The normalized spacial score (nSPS) is 10.0.